The van der Waals surface area contributed by atoms with E-state index in [9.17, 15) is 21.6 Å². The molecular formula is C23H21F3O6S. The summed E-state index contributed by atoms with van der Waals surface area (Å²) >= 11 is 0. The molecule has 6 nitrogen and oxygen atoms in total. The number of benzene rings is 2. The van der Waals surface area contributed by atoms with Crippen LogP contribution in [0.25, 0.3) is 22.4 Å². The molecule has 0 radical (unpaired) electrons. The maximum absolute atomic E-state index is 13.1. The van der Waals surface area contributed by atoms with Crippen LogP contribution in [-0.2, 0) is 16.5 Å². The highest BCUT2D eigenvalue weighted by atomic mass is 32.2. The van der Waals surface area contributed by atoms with Gasteiger partial charge in [0.2, 0.25) is 0 Å². The zero-order valence-corrected chi connectivity index (χ0v) is 18.9. The summed E-state index contributed by atoms with van der Waals surface area (Å²) in [5.74, 6) is 0.535. The number of ether oxygens (including phenoxy) is 2. The predicted molar refractivity (Wildman–Crippen MR) is 119 cm³/mol. The van der Waals surface area contributed by atoms with Crippen molar-refractivity contribution in [1.82, 2.24) is 0 Å². The van der Waals surface area contributed by atoms with Crippen molar-refractivity contribution in [1.29, 1.82) is 0 Å². The van der Waals surface area contributed by atoms with Crippen molar-refractivity contribution < 1.29 is 39.7 Å². The van der Waals surface area contributed by atoms with Gasteiger partial charge in [0.1, 0.15) is 23.0 Å². The zero-order valence-electron chi connectivity index (χ0n) is 18.1. The van der Waals surface area contributed by atoms with E-state index in [-0.39, 0.29) is 12.0 Å². The predicted octanol–water partition coefficient (Wildman–Crippen LogP) is 5.95. The lowest BCUT2D eigenvalue weighted by atomic mass is 9.97. The molecule has 1 heterocycles. The van der Waals surface area contributed by atoms with Gasteiger partial charge in [-0.05, 0) is 36.8 Å². The van der Waals surface area contributed by atoms with E-state index >= 15 is 0 Å². The molecule has 3 rings (SSSR count). The lowest BCUT2D eigenvalue weighted by molar-refractivity contribution is -0.0500. The van der Waals surface area contributed by atoms with Crippen LogP contribution in [0.4, 0.5) is 13.2 Å². The first-order chi connectivity index (χ1) is 15.4. The van der Waals surface area contributed by atoms with E-state index in [1.165, 1.54) is 32.6 Å². The number of fused-ring (bicyclic) bond motifs is 1. The Morgan fingerprint density at radius 2 is 1.67 bits per heavy atom. The Hall–Kier alpha value is -3.40. The molecule has 1 aromatic heterocycles. The Morgan fingerprint density at radius 3 is 2.15 bits per heavy atom. The van der Waals surface area contributed by atoms with Crippen molar-refractivity contribution in [2.45, 2.75) is 18.9 Å². The highest BCUT2D eigenvalue weighted by Crippen LogP contribution is 2.40. The van der Waals surface area contributed by atoms with Gasteiger partial charge in [-0.2, -0.15) is 21.6 Å². The minimum absolute atomic E-state index is 0.0882. The first-order valence-corrected chi connectivity index (χ1v) is 10.9. The number of methoxy groups -OCH3 is 2. The van der Waals surface area contributed by atoms with Crippen molar-refractivity contribution >= 4 is 32.5 Å². The first-order valence-electron chi connectivity index (χ1n) is 9.50. The second-order valence-electron chi connectivity index (χ2n) is 7.11. The van der Waals surface area contributed by atoms with Crippen LogP contribution in [0.2, 0.25) is 0 Å². The number of halogens is 3. The Balaban J connectivity index is 2.29. The Kier molecular flexibility index (Phi) is 6.51. The van der Waals surface area contributed by atoms with E-state index in [0.29, 0.717) is 44.7 Å². The van der Waals surface area contributed by atoms with Gasteiger partial charge < -0.3 is 18.1 Å². The van der Waals surface area contributed by atoms with Crippen LogP contribution in [0, 0.1) is 0 Å². The summed E-state index contributed by atoms with van der Waals surface area (Å²) in [5, 5.41) is 0.787. The van der Waals surface area contributed by atoms with E-state index in [1.807, 2.05) is 0 Å². The molecule has 3 aromatic rings. The second-order valence-corrected chi connectivity index (χ2v) is 8.65. The van der Waals surface area contributed by atoms with E-state index < -0.39 is 21.4 Å². The van der Waals surface area contributed by atoms with Gasteiger partial charge in [-0.15, -0.1) is 0 Å². The fraction of sp³-hybridized carbons (Fsp3) is 0.217. The van der Waals surface area contributed by atoms with Crippen LogP contribution >= 0.6 is 0 Å². The van der Waals surface area contributed by atoms with Crippen molar-refractivity contribution in [3.8, 4) is 17.2 Å². The summed E-state index contributed by atoms with van der Waals surface area (Å²) in [6, 6.07) is 5.83. The van der Waals surface area contributed by atoms with Crippen LogP contribution in [0.15, 0.2) is 48.1 Å². The molecule has 0 amide bonds. The summed E-state index contributed by atoms with van der Waals surface area (Å²) in [7, 11) is -3.12. The van der Waals surface area contributed by atoms with Crippen LogP contribution in [0.5, 0.6) is 17.2 Å². The van der Waals surface area contributed by atoms with Crippen molar-refractivity contribution in [2.75, 3.05) is 14.2 Å². The molecular weight excluding hydrogens is 461 g/mol. The average molecular weight is 482 g/mol. The van der Waals surface area contributed by atoms with Crippen molar-refractivity contribution in [2.24, 2.45) is 0 Å². The molecule has 0 fully saturated rings. The number of allylic oxidation sites excluding steroid dienone is 1. The van der Waals surface area contributed by atoms with Crippen LogP contribution in [-0.4, -0.2) is 28.1 Å². The van der Waals surface area contributed by atoms with E-state index in [4.69, 9.17) is 13.9 Å². The van der Waals surface area contributed by atoms with Gasteiger partial charge in [-0.25, -0.2) is 0 Å². The van der Waals surface area contributed by atoms with Gasteiger partial charge in [0.15, 0.2) is 0 Å². The largest absolute Gasteiger partial charge is 0.534 e. The number of alkyl halides is 3. The number of rotatable bonds is 8. The minimum atomic E-state index is -5.93. The summed E-state index contributed by atoms with van der Waals surface area (Å²) in [6.45, 7) is 9.35. The van der Waals surface area contributed by atoms with Crippen molar-refractivity contribution in [3.63, 3.8) is 0 Å². The summed E-state index contributed by atoms with van der Waals surface area (Å²) in [6.07, 6.45) is 2.90. The highest BCUT2D eigenvalue weighted by molar-refractivity contribution is 7.88. The quantitative estimate of drug-likeness (QED) is 0.292. The molecule has 0 unspecified atom stereocenters. The molecule has 33 heavy (non-hydrogen) atoms. The Labute approximate surface area is 189 Å². The summed E-state index contributed by atoms with van der Waals surface area (Å²) in [5.41, 5.74) is -3.59. The highest BCUT2D eigenvalue weighted by Gasteiger charge is 2.49. The maximum Gasteiger partial charge on any atom is 0.534 e. The van der Waals surface area contributed by atoms with Gasteiger partial charge in [-0.1, -0.05) is 19.2 Å². The van der Waals surface area contributed by atoms with Crippen LogP contribution in [0.3, 0.4) is 0 Å². The van der Waals surface area contributed by atoms with E-state index in [0.717, 1.165) is 0 Å². The second kappa shape index (κ2) is 8.86. The number of hydrogen-bond donors (Lipinski definition) is 0. The maximum atomic E-state index is 13.1. The summed E-state index contributed by atoms with van der Waals surface area (Å²) < 4.78 is 83.7. The monoisotopic (exact) mass is 482 g/mol. The third-order valence-corrected chi connectivity index (χ3v) is 5.90. The van der Waals surface area contributed by atoms with Gasteiger partial charge >= 0.3 is 15.6 Å². The minimum Gasteiger partial charge on any atom is -0.496 e. The first kappa shape index (κ1) is 24.2. The standard InChI is InChI=1S/C23H21F3O6S/c1-6-14-12-31-21(22(14)13(2)3)10-15-9-16-17(19(30-5)8-7-18(16)29-4)11-20(15)32-33(27,28)23(24,25)26/h6-9,11-12H,1-2,10H2,3-5H3. The van der Waals surface area contributed by atoms with E-state index in [2.05, 4.69) is 17.3 Å². The molecule has 0 N–H and O–H groups in total. The van der Waals surface area contributed by atoms with Gasteiger partial charge in [0, 0.05) is 33.9 Å². The average Bonchev–Trinajstić information content (AvgIpc) is 3.15. The Morgan fingerprint density at radius 1 is 1.09 bits per heavy atom. The Bertz CT molecular complexity index is 1340. The zero-order chi connectivity index (χ0) is 24.6. The van der Waals surface area contributed by atoms with Crippen LogP contribution < -0.4 is 13.7 Å². The van der Waals surface area contributed by atoms with Gasteiger partial charge in [-0.3, -0.25) is 0 Å². The lowest BCUT2D eigenvalue weighted by Gasteiger charge is -2.16. The topological polar surface area (TPSA) is 75.0 Å². The molecule has 0 atom stereocenters. The molecule has 176 valence electrons. The third kappa shape index (κ3) is 4.56. The normalized spacial score (nSPS) is 11.9. The molecule has 0 bridgehead atoms. The van der Waals surface area contributed by atoms with Gasteiger partial charge in [0.05, 0.1) is 20.5 Å². The van der Waals surface area contributed by atoms with Crippen molar-refractivity contribution in [3.05, 3.63) is 66.1 Å². The molecule has 0 spiro atoms. The summed E-state index contributed by atoms with van der Waals surface area (Å²) in [4.78, 5) is 0. The third-order valence-electron chi connectivity index (χ3n) is 4.93. The molecule has 0 aliphatic heterocycles. The molecule has 0 aliphatic rings. The fourth-order valence-electron chi connectivity index (χ4n) is 3.45. The molecule has 0 aliphatic carbocycles. The smallest absolute Gasteiger partial charge is 0.496 e. The van der Waals surface area contributed by atoms with E-state index in [1.54, 1.807) is 25.1 Å². The SMILES string of the molecule is C=Cc1coc(Cc2cc3c(OC)ccc(OC)c3cc2OS(=O)(=O)C(F)(F)F)c1C(=C)C. The molecule has 10 heteroatoms. The number of hydrogen-bond acceptors (Lipinski definition) is 6. The number of furan rings is 1. The van der Waals surface area contributed by atoms with Gasteiger partial charge in [0.25, 0.3) is 0 Å². The molecule has 0 saturated carbocycles. The lowest BCUT2D eigenvalue weighted by Crippen LogP contribution is -2.28. The van der Waals surface area contributed by atoms with Crippen LogP contribution in [0.1, 0.15) is 29.4 Å². The fourth-order valence-corrected chi connectivity index (χ4v) is 3.94. The molecule has 0 saturated heterocycles. The molecule has 2 aromatic carbocycles.